The second-order valence-electron chi connectivity index (χ2n) is 5.38. The minimum Gasteiger partial charge on any atom is -0.504 e. The maximum atomic E-state index is 12.0. The number of carboxylic acids is 1. The van der Waals surface area contributed by atoms with Gasteiger partial charge < -0.3 is 19.8 Å². The Morgan fingerprint density at radius 1 is 1.32 bits per heavy atom. The minimum atomic E-state index is -1.30. The Bertz CT molecular complexity index is 583. The SMILES string of the molecule is COC=C1CCN(C(=O)O)CC1(Cc1ccccc1)C(=O)O. The van der Waals surface area contributed by atoms with Crippen LogP contribution in [0.4, 0.5) is 4.79 Å². The first-order valence-electron chi connectivity index (χ1n) is 6.97. The Balaban J connectivity index is 2.43. The zero-order chi connectivity index (χ0) is 16.2. The molecule has 0 aromatic heterocycles. The third-order valence-electron chi connectivity index (χ3n) is 4.02. The number of hydrogen-bond acceptors (Lipinski definition) is 3. The number of piperidine rings is 1. The van der Waals surface area contributed by atoms with Crippen LogP contribution >= 0.6 is 0 Å². The normalized spacial score (nSPS) is 23.3. The summed E-state index contributed by atoms with van der Waals surface area (Å²) in [6.07, 6.45) is 0.910. The van der Waals surface area contributed by atoms with E-state index in [4.69, 9.17) is 4.74 Å². The van der Waals surface area contributed by atoms with Crippen LogP contribution in [0.3, 0.4) is 0 Å². The molecule has 1 aromatic carbocycles. The third kappa shape index (κ3) is 3.05. The van der Waals surface area contributed by atoms with Crippen molar-refractivity contribution in [3.63, 3.8) is 0 Å². The summed E-state index contributed by atoms with van der Waals surface area (Å²) < 4.78 is 5.03. The summed E-state index contributed by atoms with van der Waals surface area (Å²) in [5.41, 5.74) is 0.163. The van der Waals surface area contributed by atoms with Crippen molar-refractivity contribution in [1.82, 2.24) is 4.90 Å². The Kier molecular flexibility index (Phi) is 4.70. The van der Waals surface area contributed by atoms with Gasteiger partial charge in [0.25, 0.3) is 0 Å². The van der Waals surface area contributed by atoms with Crippen LogP contribution in [0.1, 0.15) is 12.0 Å². The highest BCUT2D eigenvalue weighted by Gasteiger charge is 2.47. The number of rotatable bonds is 4. The lowest BCUT2D eigenvalue weighted by molar-refractivity contribution is -0.148. The molecular weight excluding hydrogens is 286 g/mol. The zero-order valence-corrected chi connectivity index (χ0v) is 12.4. The molecule has 1 amide bonds. The molecule has 0 bridgehead atoms. The van der Waals surface area contributed by atoms with Crippen LogP contribution in [-0.2, 0) is 16.0 Å². The second-order valence-corrected chi connectivity index (χ2v) is 5.38. The molecule has 118 valence electrons. The van der Waals surface area contributed by atoms with Crippen molar-refractivity contribution in [1.29, 1.82) is 0 Å². The van der Waals surface area contributed by atoms with Crippen LogP contribution in [-0.4, -0.2) is 47.4 Å². The lowest BCUT2D eigenvalue weighted by Gasteiger charge is -2.40. The monoisotopic (exact) mass is 305 g/mol. The molecule has 0 spiro atoms. The van der Waals surface area contributed by atoms with E-state index in [9.17, 15) is 19.8 Å². The second kappa shape index (κ2) is 6.51. The van der Waals surface area contributed by atoms with E-state index in [2.05, 4.69) is 0 Å². The highest BCUT2D eigenvalue weighted by Crippen LogP contribution is 2.39. The van der Waals surface area contributed by atoms with Gasteiger partial charge in [-0.1, -0.05) is 30.3 Å². The molecule has 0 saturated carbocycles. The van der Waals surface area contributed by atoms with Crippen LogP contribution < -0.4 is 0 Å². The first kappa shape index (κ1) is 15.9. The molecule has 0 radical (unpaired) electrons. The molecule has 1 heterocycles. The molecule has 6 nitrogen and oxygen atoms in total. The van der Waals surface area contributed by atoms with Gasteiger partial charge in [0.2, 0.25) is 0 Å². The van der Waals surface area contributed by atoms with Crippen LogP contribution in [0, 0.1) is 5.41 Å². The highest BCUT2D eigenvalue weighted by atomic mass is 16.5. The van der Waals surface area contributed by atoms with Gasteiger partial charge in [-0.05, 0) is 24.0 Å². The summed E-state index contributed by atoms with van der Waals surface area (Å²) in [6, 6.07) is 9.21. The summed E-state index contributed by atoms with van der Waals surface area (Å²) >= 11 is 0. The third-order valence-corrected chi connectivity index (χ3v) is 4.02. The summed E-state index contributed by atoms with van der Waals surface area (Å²) in [6.45, 7) is 0.191. The van der Waals surface area contributed by atoms with E-state index in [-0.39, 0.29) is 19.5 Å². The minimum absolute atomic E-state index is 0.0816. The lowest BCUT2D eigenvalue weighted by atomic mass is 9.71. The van der Waals surface area contributed by atoms with Crippen molar-refractivity contribution < 1.29 is 24.5 Å². The molecule has 1 fully saturated rings. The number of nitrogens with zero attached hydrogens (tertiary/aromatic N) is 1. The van der Waals surface area contributed by atoms with Gasteiger partial charge in [-0.3, -0.25) is 4.79 Å². The van der Waals surface area contributed by atoms with Crippen molar-refractivity contribution in [3.05, 3.63) is 47.7 Å². The quantitative estimate of drug-likeness (QED) is 0.833. The van der Waals surface area contributed by atoms with Crippen LogP contribution in [0.25, 0.3) is 0 Å². The number of hydrogen-bond donors (Lipinski definition) is 2. The van der Waals surface area contributed by atoms with Gasteiger partial charge in [-0.25, -0.2) is 4.79 Å². The van der Waals surface area contributed by atoms with E-state index in [1.54, 1.807) is 0 Å². The van der Waals surface area contributed by atoms with Gasteiger partial charge in [0.15, 0.2) is 0 Å². The van der Waals surface area contributed by atoms with Gasteiger partial charge in [0.1, 0.15) is 5.41 Å². The van der Waals surface area contributed by atoms with E-state index in [1.807, 2.05) is 30.3 Å². The standard InChI is InChI=1S/C16H19NO5/c1-22-10-13-7-8-17(15(20)21)11-16(13,14(18)19)9-12-5-3-2-4-6-12/h2-6,10H,7-9,11H2,1H3,(H,18,19)(H,20,21). The van der Waals surface area contributed by atoms with E-state index < -0.39 is 17.5 Å². The number of likely N-dealkylation sites (tertiary alicyclic amines) is 1. The number of carbonyl (C=O) groups is 2. The summed E-state index contributed by atoms with van der Waals surface area (Å²) in [4.78, 5) is 24.4. The van der Waals surface area contributed by atoms with Gasteiger partial charge in [0, 0.05) is 13.1 Å². The van der Waals surface area contributed by atoms with Crippen LogP contribution in [0.15, 0.2) is 42.2 Å². The van der Waals surface area contributed by atoms with Crippen molar-refractivity contribution in [3.8, 4) is 0 Å². The number of aliphatic carboxylic acids is 1. The molecular formula is C16H19NO5. The molecule has 22 heavy (non-hydrogen) atoms. The summed E-state index contributed by atoms with van der Waals surface area (Å²) in [7, 11) is 1.46. The molecule has 1 aromatic rings. The van der Waals surface area contributed by atoms with Gasteiger partial charge in [-0.15, -0.1) is 0 Å². The van der Waals surface area contributed by atoms with Gasteiger partial charge in [-0.2, -0.15) is 0 Å². The topological polar surface area (TPSA) is 87.1 Å². The molecule has 1 aliphatic rings. The molecule has 2 rings (SSSR count). The Morgan fingerprint density at radius 3 is 2.55 bits per heavy atom. The van der Waals surface area contributed by atoms with E-state index in [0.29, 0.717) is 12.0 Å². The average molecular weight is 305 g/mol. The molecule has 1 atom stereocenters. The molecule has 1 unspecified atom stereocenters. The Labute approximate surface area is 128 Å². The molecule has 1 aliphatic heterocycles. The van der Waals surface area contributed by atoms with Crippen molar-refractivity contribution in [2.45, 2.75) is 12.8 Å². The Hall–Kier alpha value is -2.50. The van der Waals surface area contributed by atoms with Crippen LogP contribution in [0.5, 0.6) is 0 Å². The number of amides is 1. The first-order valence-corrected chi connectivity index (χ1v) is 6.97. The van der Waals surface area contributed by atoms with Gasteiger partial charge in [0.05, 0.1) is 13.4 Å². The maximum Gasteiger partial charge on any atom is 0.407 e. The fraction of sp³-hybridized carbons (Fsp3) is 0.375. The smallest absolute Gasteiger partial charge is 0.407 e. The molecule has 0 aliphatic carbocycles. The summed E-state index contributed by atoms with van der Waals surface area (Å²) in [5.74, 6) is -1.04. The molecule has 6 heteroatoms. The molecule has 1 saturated heterocycles. The van der Waals surface area contributed by atoms with Gasteiger partial charge >= 0.3 is 12.1 Å². The highest BCUT2D eigenvalue weighted by molar-refractivity contribution is 5.81. The largest absolute Gasteiger partial charge is 0.504 e. The lowest BCUT2D eigenvalue weighted by Crippen LogP contribution is -2.52. The fourth-order valence-corrected chi connectivity index (χ4v) is 2.87. The van der Waals surface area contributed by atoms with E-state index in [1.165, 1.54) is 13.4 Å². The number of carboxylic acid groups (broad SMARTS) is 2. The maximum absolute atomic E-state index is 12.0. The number of benzene rings is 1. The first-order chi connectivity index (χ1) is 10.5. The zero-order valence-electron chi connectivity index (χ0n) is 12.4. The average Bonchev–Trinajstić information content (AvgIpc) is 2.50. The van der Waals surface area contributed by atoms with E-state index in [0.717, 1.165) is 10.5 Å². The predicted octanol–water partition coefficient (Wildman–Crippen LogP) is 2.21. The van der Waals surface area contributed by atoms with Crippen molar-refractivity contribution in [2.24, 2.45) is 5.41 Å². The fourth-order valence-electron chi connectivity index (χ4n) is 2.87. The van der Waals surface area contributed by atoms with Crippen molar-refractivity contribution >= 4 is 12.1 Å². The summed E-state index contributed by atoms with van der Waals surface area (Å²) in [5, 5.41) is 19.0. The van der Waals surface area contributed by atoms with Crippen LogP contribution in [0.2, 0.25) is 0 Å². The predicted molar refractivity (Wildman–Crippen MR) is 79.5 cm³/mol. The number of ether oxygens (including phenoxy) is 1. The Morgan fingerprint density at radius 2 is 2.00 bits per heavy atom. The van der Waals surface area contributed by atoms with E-state index >= 15 is 0 Å². The number of methoxy groups -OCH3 is 1. The molecule has 2 N–H and O–H groups in total. The van der Waals surface area contributed by atoms with Crippen molar-refractivity contribution in [2.75, 3.05) is 20.2 Å².